The molecular formula is C21H21Cl2N7O. The first-order valence-corrected chi connectivity index (χ1v) is 10.9. The number of piperidine rings is 1. The van der Waals surface area contributed by atoms with Crippen molar-refractivity contribution < 1.29 is 4.74 Å². The molecule has 0 amide bonds. The standard InChI is InChI=1S/C21H21Cl2N7O/c1-11-18(25)21(10-31-11)5-7-30(8-6-21)20-26-14(9-24)15-17(28-29-19(15)27-20)12-3-2-4-13(22)16(12)23/h2-4,11,18H,5-8,10,25H2,1H3,(H,26,27,28,29)/t11-,18+/m0/s1. The molecule has 0 aliphatic carbocycles. The van der Waals surface area contributed by atoms with Crippen LogP contribution in [0.1, 0.15) is 25.5 Å². The van der Waals surface area contributed by atoms with Crippen LogP contribution in [0.3, 0.4) is 0 Å². The number of anilines is 1. The van der Waals surface area contributed by atoms with Crippen LogP contribution >= 0.6 is 23.2 Å². The Morgan fingerprint density at radius 1 is 1.29 bits per heavy atom. The second-order valence-electron chi connectivity index (χ2n) is 8.27. The second-order valence-corrected chi connectivity index (χ2v) is 9.06. The number of nitriles is 1. The summed E-state index contributed by atoms with van der Waals surface area (Å²) in [5, 5.41) is 18.4. The molecule has 8 nitrogen and oxygen atoms in total. The van der Waals surface area contributed by atoms with E-state index in [0.717, 1.165) is 25.9 Å². The SMILES string of the molecule is C[C@@H]1OCC2(CCN(c3nc(C#N)c4c(-c5cccc(Cl)c5Cl)n[nH]c4n3)CC2)[C@@H]1N. The molecule has 2 aliphatic heterocycles. The van der Waals surface area contributed by atoms with Crippen molar-refractivity contribution in [2.24, 2.45) is 11.1 Å². The Morgan fingerprint density at radius 3 is 2.74 bits per heavy atom. The zero-order valence-corrected chi connectivity index (χ0v) is 18.4. The molecule has 2 aliphatic rings. The third-order valence-electron chi connectivity index (χ3n) is 6.61. The molecule has 2 atom stereocenters. The Morgan fingerprint density at radius 2 is 2.06 bits per heavy atom. The molecule has 0 bridgehead atoms. The van der Waals surface area contributed by atoms with Crippen molar-refractivity contribution in [1.29, 1.82) is 5.26 Å². The molecule has 3 aromatic rings. The van der Waals surface area contributed by atoms with Gasteiger partial charge >= 0.3 is 0 Å². The number of benzene rings is 1. The van der Waals surface area contributed by atoms with Crippen molar-refractivity contribution in [2.75, 3.05) is 24.6 Å². The molecule has 0 saturated carbocycles. The maximum absolute atomic E-state index is 9.81. The molecule has 2 fully saturated rings. The van der Waals surface area contributed by atoms with Crippen LogP contribution < -0.4 is 10.6 Å². The number of nitrogens with one attached hydrogen (secondary N) is 1. The van der Waals surface area contributed by atoms with E-state index < -0.39 is 0 Å². The van der Waals surface area contributed by atoms with Gasteiger partial charge in [0.1, 0.15) is 11.8 Å². The fourth-order valence-electron chi connectivity index (χ4n) is 4.65. The van der Waals surface area contributed by atoms with E-state index in [1.54, 1.807) is 18.2 Å². The fraction of sp³-hybridized carbons (Fsp3) is 0.429. The summed E-state index contributed by atoms with van der Waals surface area (Å²) in [5.41, 5.74) is 8.29. The zero-order chi connectivity index (χ0) is 21.8. The minimum atomic E-state index is 0.00254. The van der Waals surface area contributed by atoms with E-state index in [1.807, 2.05) is 6.92 Å². The second kappa shape index (κ2) is 7.61. The van der Waals surface area contributed by atoms with Crippen LogP contribution in [0, 0.1) is 16.7 Å². The lowest BCUT2D eigenvalue weighted by atomic mass is 9.73. The van der Waals surface area contributed by atoms with Gasteiger partial charge < -0.3 is 15.4 Å². The molecule has 10 heteroatoms. The molecule has 1 aromatic carbocycles. The Bertz CT molecular complexity index is 1200. The number of H-pyrrole nitrogens is 1. The molecule has 160 valence electrons. The van der Waals surface area contributed by atoms with Crippen molar-refractivity contribution in [1.82, 2.24) is 20.2 Å². The average Bonchev–Trinajstić information content (AvgIpc) is 3.33. The third-order valence-corrected chi connectivity index (χ3v) is 7.43. The zero-order valence-electron chi connectivity index (χ0n) is 16.9. The van der Waals surface area contributed by atoms with Gasteiger partial charge in [-0.1, -0.05) is 35.3 Å². The molecule has 31 heavy (non-hydrogen) atoms. The van der Waals surface area contributed by atoms with Gasteiger partial charge in [-0.2, -0.15) is 15.3 Å². The summed E-state index contributed by atoms with van der Waals surface area (Å²) < 4.78 is 5.81. The van der Waals surface area contributed by atoms with Crippen LogP contribution in [0.25, 0.3) is 22.3 Å². The maximum atomic E-state index is 9.81. The molecule has 2 saturated heterocycles. The molecule has 0 unspecified atom stereocenters. The third kappa shape index (κ3) is 3.24. The first-order chi connectivity index (χ1) is 14.9. The highest BCUT2D eigenvalue weighted by Crippen LogP contribution is 2.42. The predicted octanol–water partition coefficient (Wildman–Crippen LogP) is 3.53. The summed E-state index contributed by atoms with van der Waals surface area (Å²) >= 11 is 12.5. The summed E-state index contributed by atoms with van der Waals surface area (Å²) in [7, 11) is 0. The number of aromatic nitrogens is 4. The van der Waals surface area contributed by atoms with Crippen LogP contribution in [0.4, 0.5) is 5.95 Å². The first kappa shape index (κ1) is 20.5. The van der Waals surface area contributed by atoms with Crippen molar-refractivity contribution in [3.05, 3.63) is 33.9 Å². The highest BCUT2D eigenvalue weighted by atomic mass is 35.5. The number of fused-ring (bicyclic) bond motifs is 1. The van der Waals surface area contributed by atoms with Gasteiger partial charge in [-0.15, -0.1) is 0 Å². The minimum Gasteiger partial charge on any atom is -0.376 e. The van der Waals surface area contributed by atoms with Gasteiger partial charge in [0.2, 0.25) is 5.95 Å². The van der Waals surface area contributed by atoms with E-state index in [1.165, 1.54) is 0 Å². The molecule has 0 radical (unpaired) electrons. The van der Waals surface area contributed by atoms with E-state index >= 15 is 0 Å². The molecule has 2 aromatic heterocycles. The average molecular weight is 458 g/mol. The highest BCUT2D eigenvalue weighted by molar-refractivity contribution is 6.43. The Balaban J connectivity index is 1.49. The minimum absolute atomic E-state index is 0.00254. The van der Waals surface area contributed by atoms with Crippen molar-refractivity contribution in [2.45, 2.75) is 31.9 Å². The van der Waals surface area contributed by atoms with Crippen LogP contribution in [0.15, 0.2) is 18.2 Å². The van der Waals surface area contributed by atoms with Crippen molar-refractivity contribution in [3.63, 3.8) is 0 Å². The number of hydrogen-bond acceptors (Lipinski definition) is 7. The van der Waals surface area contributed by atoms with E-state index in [0.29, 0.717) is 44.9 Å². The lowest BCUT2D eigenvalue weighted by Gasteiger charge is -2.41. The molecule has 4 heterocycles. The number of halogens is 2. The normalized spacial score (nSPS) is 22.9. The van der Waals surface area contributed by atoms with E-state index in [4.69, 9.17) is 33.7 Å². The molecular weight excluding hydrogens is 437 g/mol. The van der Waals surface area contributed by atoms with Gasteiger partial charge in [-0.05, 0) is 25.8 Å². The summed E-state index contributed by atoms with van der Waals surface area (Å²) in [5.74, 6) is 0.506. The lowest BCUT2D eigenvalue weighted by Crippen LogP contribution is -2.51. The summed E-state index contributed by atoms with van der Waals surface area (Å²) in [6.45, 7) is 4.23. The van der Waals surface area contributed by atoms with Gasteiger partial charge in [0.25, 0.3) is 0 Å². The predicted molar refractivity (Wildman–Crippen MR) is 119 cm³/mol. The van der Waals surface area contributed by atoms with Gasteiger partial charge in [-0.25, -0.2) is 4.98 Å². The first-order valence-electron chi connectivity index (χ1n) is 10.2. The van der Waals surface area contributed by atoms with E-state index in [2.05, 4.69) is 31.1 Å². The van der Waals surface area contributed by atoms with Crippen molar-refractivity contribution in [3.8, 4) is 17.3 Å². The largest absolute Gasteiger partial charge is 0.376 e. The smallest absolute Gasteiger partial charge is 0.228 e. The fourth-order valence-corrected chi connectivity index (χ4v) is 5.04. The van der Waals surface area contributed by atoms with Gasteiger partial charge in [0.05, 0.1) is 28.1 Å². The topological polar surface area (TPSA) is 117 Å². The molecule has 3 N–H and O–H groups in total. The summed E-state index contributed by atoms with van der Waals surface area (Å²) in [4.78, 5) is 11.3. The summed E-state index contributed by atoms with van der Waals surface area (Å²) in [6.07, 6.45) is 1.87. The van der Waals surface area contributed by atoms with Gasteiger partial charge in [0.15, 0.2) is 11.3 Å². The van der Waals surface area contributed by atoms with Gasteiger partial charge in [0, 0.05) is 30.1 Å². The van der Waals surface area contributed by atoms with Crippen LogP contribution in [0.2, 0.25) is 10.0 Å². The number of ether oxygens (including phenoxy) is 1. The quantitative estimate of drug-likeness (QED) is 0.603. The Labute approximate surface area is 189 Å². The lowest BCUT2D eigenvalue weighted by molar-refractivity contribution is 0.0973. The molecule has 1 spiro atoms. The summed E-state index contributed by atoms with van der Waals surface area (Å²) in [6, 6.07) is 7.51. The Hall–Kier alpha value is -2.44. The molecule has 5 rings (SSSR count). The monoisotopic (exact) mass is 457 g/mol. The van der Waals surface area contributed by atoms with Crippen LogP contribution in [0.5, 0.6) is 0 Å². The highest BCUT2D eigenvalue weighted by Gasteiger charge is 2.47. The Kier molecular flexibility index (Phi) is 5.02. The van der Waals surface area contributed by atoms with Gasteiger partial charge in [-0.3, -0.25) is 5.10 Å². The number of aromatic amines is 1. The van der Waals surface area contributed by atoms with Crippen molar-refractivity contribution >= 4 is 40.2 Å². The number of nitrogens with zero attached hydrogens (tertiary/aromatic N) is 5. The number of nitrogens with two attached hydrogens (primary N) is 1. The number of hydrogen-bond donors (Lipinski definition) is 2. The van der Waals surface area contributed by atoms with Crippen LogP contribution in [-0.4, -0.2) is 52.0 Å². The van der Waals surface area contributed by atoms with Crippen LogP contribution in [-0.2, 0) is 4.74 Å². The maximum Gasteiger partial charge on any atom is 0.228 e. The van der Waals surface area contributed by atoms with E-state index in [9.17, 15) is 5.26 Å². The number of rotatable bonds is 2. The van der Waals surface area contributed by atoms with E-state index in [-0.39, 0.29) is 23.3 Å².